The second kappa shape index (κ2) is 3.03. The Hall–Kier alpha value is -0.940. The van der Waals surface area contributed by atoms with E-state index in [1.807, 2.05) is 0 Å². The number of rotatable bonds is 0. The number of fused-ring (bicyclic) bond motifs is 1. The van der Waals surface area contributed by atoms with Gasteiger partial charge in [-0.2, -0.15) is 0 Å². The zero-order valence-electron chi connectivity index (χ0n) is 7.40. The molecule has 76 valence electrons. The second-order valence-corrected chi connectivity index (χ2v) is 5.44. The molecule has 1 aromatic carbocycles. The van der Waals surface area contributed by atoms with Gasteiger partial charge in [-0.1, -0.05) is 6.07 Å². The molecule has 0 saturated heterocycles. The number of hydrogen-bond donors (Lipinski definition) is 1. The van der Waals surface area contributed by atoms with Gasteiger partial charge in [0.2, 0.25) is 0 Å². The smallest absolute Gasteiger partial charge is 0.178 e. The molecule has 1 aliphatic rings. The van der Waals surface area contributed by atoms with E-state index in [2.05, 4.69) is 0 Å². The quantitative estimate of drug-likeness (QED) is 0.702. The Bertz CT molecular complexity index is 470. The van der Waals surface area contributed by atoms with Crippen molar-refractivity contribution in [3.8, 4) is 0 Å². The minimum atomic E-state index is -3.32. The molecule has 3 nitrogen and oxygen atoms in total. The molecule has 2 rings (SSSR count). The summed E-state index contributed by atoms with van der Waals surface area (Å²) in [5, 5.41) is 0. The van der Waals surface area contributed by atoms with Crippen molar-refractivity contribution in [3.05, 3.63) is 29.6 Å². The van der Waals surface area contributed by atoms with E-state index < -0.39 is 21.7 Å². The third-order valence-electron chi connectivity index (χ3n) is 2.42. The highest BCUT2D eigenvalue weighted by Crippen LogP contribution is 2.32. The Kier molecular flexibility index (Phi) is 2.08. The molecule has 0 aliphatic carbocycles. The molecule has 0 amide bonds. The first-order chi connectivity index (χ1) is 6.52. The predicted octanol–water partition coefficient (Wildman–Crippen LogP) is 1.00. The van der Waals surface area contributed by atoms with Gasteiger partial charge in [-0.05, 0) is 18.6 Å². The van der Waals surface area contributed by atoms with Crippen LogP contribution in [0.15, 0.2) is 23.1 Å². The molecule has 1 aromatic rings. The van der Waals surface area contributed by atoms with Gasteiger partial charge in [0.25, 0.3) is 0 Å². The lowest BCUT2D eigenvalue weighted by Gasteiger charge is -2.22. The molecule has 5 heteroatoms. The third kappa shape index (κ3) is 1.33. The minimum absolute atomic E-state index is 0.00458. The maximum absolute atomic E-state index is 13.3. The lowest BCUT2D eigenvalue weighted by atomic mass is 10.0. The van der Waals surface area contributed by atoms with Gasteiger partial charge in [-0.3, -0.25) is 0 Å². The second-order valence-electron chi connectivity index (χ2n) is 3.37. The van der Waals surface area contributed by atoms with Crippen LogP contribution in [0.3, 0.4) is 0 Å². The Morgan fingerprint density at radius 1 is 1.43 bits per heavy atom. The highest BCUT2D eigenvalue weighted by Gasteiger charge is 2.30. The summed E-state index contributed by atoms with van der Waals surface area (Å²) >= 11 is 0. The van der Waals surface area contributed by atoms with E-state index in [9.17, 15) is 12.8 Å². The first kappa shape index (κ1) is 9.61. The largest absolute Gasteiger partial charge is 0.324 e. The van der Waals surface area contributed by atoms with Crippen LogP contribution in [0, 0.1) is 5.82 Å². The molecule has 14 heavy (non-hydrogen) atoms. The highest BCUT2D eigenvalue weighted by atomic mass is 32.2. The SMILES string of the molecule is N[C@@H]1CCS(=O)(=O)c2cccc(F)c21. The Balaban J connectivity index is 2.75. The van der Waals surface area contributed by atoms with Crippen LogP contribution in [0.25, 0.3) is 0 Å². The van der Waals surface area contributed by atoms with Crippen LogP contribution >= 0.6 is 0 Å². The fourth-order valence-corrected chi connectivity index (χ4v) is 3.34. The molecule has 1 atom stereocenters. The van der Waals surface area contributed by atoms with Gasteiger partial charge in [0, 0.05) is 11.6 Å². The summed E-state index contributed by atoms with van der Waals surface area (Å²) in [7, 11) is -3.32. The van der Waals surface area contributed by atoms with Crippen molar-refractivity contribution in [1.29, 1.82) is 0 Å². The van der Waals surface area contributed by atoms with E-state index in [0.717, 1.165) is 0 Å². The summed E-state index contributed by atoms with van der Waals surface area (Å²) in [4.78, 5) is 0.0521. The van der Waals surface area contributed by atoms with Crippen molar-refractivity contribution in [2.45, 2.75) is 17.4 Å². The first-order valence-corrected chi connectivity index (χ1v) is 5.94. The van der Waals surface area contributed by atoms with Gasteiger partial charge >= 0.3 is 0 Å². The van der Waals surface area contributed by atoms with Crippen LogP contribution in [-0.2, 0) is 9.84 Å². The maximum atomic E-state index is 13.3. The molecule has 0 fully saturated rings. The zero-order valence-corrected chi connectivity index (χ0v) is 8.22. The summed E-state index contributed by atoms with van der Waals surface area (Å²) in [5.41, 5.74) is 5.80. The lowest BCUT2D eigenvalue weighted by molar-refractivity contribution is 0.534. The average molecular weight is 215 g/mol. The number of halogens is 1. The zero-order chi connectivity index (χ0) is 10.3. The first-order valence-electron chi connectivity index (χ1n) is 4.29. The van der Waals surface area contributed by atoms with Crippen molar-refractivity contribution < 1.29 is 12.8 Å². The third-order valence-corrected chi connectivity index (χ3v) is 4.22. The summed E-state index contributed by atoms with van der Waals surface area (Å²) < 4.78 is 36.4. The van der Waals surface area contributed by atoms with Crippen LogP contribution in [0.1, 0.15) is 18.0 Å². The van der Waals surface area contributed by atoms with Gasteiger partial charge in [-0.25, -0.2) is 12.8 Å². The number of benzene rings is 1. The number of sulfone groups is 1. The molecule has 0 bridgehead atoms. The predicted molar refractivity (Wildman–Crippen MR) is 50.0 cm³/mol. The van der Waals surface area contributed by atoms with Gasteiger partial charge in [0.05, 0.1) is 10.6 Å². The summed E-state index contributed by atoms with van der Waals surface area (Å²) in [6, 6.07) is 3.53. The molecule has 0 spiro atoms. The molecule has 1 heterocycles. The van der Waals surface area contributed by atoms with Crippen molar-refractivity contribution in [2.75, 3.05) is 5.75 Å². The lowest BCUT2D eigenvalue weighted by Crippen LogP contribution is -2.26. The van der Waals surface area contributed by atoms with Gasteiger partial charge in [0.15, 0.2) is 9.84 Å². The summed E-state index contributed by atoms with van der Waals surface area (Å²) in [6.45, 7) is 0. The normalized spacial score (nSPS) is 24.3. The Morgan fingerprint density at radius 3 is 2.79 bits per heavy atom. The van der Waals surface area contributed by atoms with Crippen molar-refractivity contribution in [3.63, 3.8) is 0 Å². The molecule has 0 aromatic heterocycles. The van der Waals surface area contributed by atoms with Crippen molar-refractivity contribution >= 4 is 9.84 Å². The standard InChI is InChI=1S/C9H10FNO2S/c10-6-2-1-3-8-9(6)7(11)4-5-14(8,12)13/h1-3,7H,4-5,11H2/t7-/m1/s1. The van der Waals surface area contributed by atoms with E-state index in [1.54, 1.807) is 0 Å². The summed E-state index contributed by atoms with van der Waals surface area (Å²) in [6.07, 6.45) is 0.288. The van der Waals surface area contributed by atoms with Gasteiger partial charge < -0.3 is 5.73 Å². The van der Waals surface area contributed by atoms with Gasteiger partial charge in [-0.15, -0.1) is 0 Å². The monoisotopic (exact) mass is 215 g/mol. The van der Waals surface area contributed by atoms with E-state index in [-0.39, 0.29) is 22.6 Å². The highest BCUT2D eigenvalue weighted by molar-refractivity contribution is 7.91. The van der Waals surface area contributed by atoms with Crippen LogP contribution < -0.4 is 5.73 Å². The molecule has 0 saturated carbocycles. The Morgan fingerprint density at radius 2 is 2.14 bits per heavy atom. The van der Waals surface area contributed by atoms with Crippen LogP contribution in [0.2, 0.25) is 0 Å². The van der Waals surface area contributed by atoms with E-state index in [4.69, 9.17) is 5.73 Å². The van der Waals surface area contributed by atoms with Crippen molar-refractivity contribution in [1.82, 2.24) is 0 Å². The molecule has 1 aliphatic heterocycles. The molecule has 0 unspecified atom stereocenters. The Labute approximate surface area is 81.7 Å². The van der Waals surface area contributed by atoms with Gasteiger partial charge in [0.1, 0.15) is 5.82 Å². The minimum Gasteiger partial charge on any atom is -0.324 e. The number of nitrogens with two attached hydrogens (primary N) is 1. The topological polar surface area (TPSA) is 60.2 Å². The molecular formula is C9H10FNO2S. The maximum Gasteiger partial charge on any atom is 0.178 e. The van der Waals surface area contributed by atoms with Crippen LogP contribution in [0.4, 0.5) is 4.39 Å². The molecule has 2 N–H and O–H groups in total. The molecular weight excluding hydrogens is 205 g/mol. The fourth-order valence-electron chi connectivity index (χ4n) is 1.68. The van der Waals surface area contributed by atoms with E-state index in [1.165, 1.54) is 18.2 Å². The molecule has 0 radical (unpaired) electrons. The van der Waals surface area contributed by atoms with E-state index in [0.29, 0.717) is 0 Å². The van der Waals surface area contributed by atoms with Crippen LogP contribution in [0.5, 0.6) is 0 Å². The summed E-state index contributed by atoms with van der Waals surface area (Å²) in [5.74, 6) is -0.525. The van der Waals surface area contributed by atoms with E-state index >= 15 is 0 Å². The average Bonchev–Trinajstić information content (AvgIpc) is 2.12. The van der Waals surface area contributed by atoms with Crippen LogP contribution in [-0.4, -0.2) is 14.2 Å². The van der Waals surface area contributed by atoms with Crippen molar-refractivity contribution in [2.24, 2.45) is 5.73 Å². The fraction of sp³-hybridized carbons (Fsp3) is 0.333. The number of hydrogen-bond acceptors (Lipinski definition) is 3.